The summed E-state index contributed by atoms with van der Waals surface area (Å²) in [5.41, 5.74) is 1.28. The van der Waals surface area contributed by atoms with E-state index in [4.69, 9.17) is 4.74 Å². The molecule has 1 aromatic carbocycles. The molecule has 8 nitrogen and oxygen atoms in total. The lowest BCUT2D eigenvalue weighted by atomic mass is 10.1. The second kappa shape index (κ2) is 14.1. The van der Waals surface area contributed by atoms with Crippen LogP contribution < -0.4 is 21.3 Å². The third-order valence-electron chi connectivity index (χ3n) is 4.02. The van der Waals surface area contributed by atoms with E-state index in [2.05, 4.69) is 26.3 Å². The average molecular weight is 533 g/mol. The van der Waals surface area contributed by atoms with E-state index >= 15 is 0 Å². The van der Waals surface area contributed by atoms with Crippen molar-refractivity contribution in [2.24, 2.45) is 10.9 Å². The lowest BCUT2D eigenvalue weighted by molar-refractivity contribution is -0.119. The Kier molecular flexibility index (Phi) is 13.1. The van der Waals surface area contributed by atoms with Crippen molar-refractivity contribution < 1.29 is 14.3 Å². The van der Waals surface area contributed by atoms with Crippen molar-refractivity contribution in [3.05, 3.63) is 29.8 Å². The van der Waals surface area contributed by atoms with Gasteiger partial charge in [0.1, 0.15) is 5.60 Å². The SMILES string of the molecule is CCC(C)C(=O)Nc1cccc(CNC(=NC)NCCNC(=O)OC(C)(C)C)c1.I. The van der Waals surface area contributed by atoms with Crippen LogP contribution in [-0.2, 0) is 16.1 Å². The highest BCUT2D eigenvalue weighted by atomic mass is 127. The van der Waals surface area contributed by atoms with Gasteiger partial charge < -0.3 is 26.0 Å². The van der Waals surface area contributed by atoms with Crippen molar-refractivity contribution in [1.29, 1.82) is 0 Å². The molecule has 1 unspecified atom stereocenters. The molecule has 0 radical (unpaired) electrons. The van der Waals surface area contributed by atoms with Crippen molar-refractivity contribution in [3.63, 3.8) is 0 Å². The minimum absolute atomic E-state index is 0. The van der Waals surface area contributed by atoms with Gasteiger partial charge in [0.15, 0.2) is 5.96 Å². The molecule has 0 heterocycles. The van der Waals surface area contributed by atoms with Crippen LogP contribution in [0.5, 0.6) is 0 Å². The fourth-order valence-corrected chi connectivity index (χ4v) is 2.28. The van der Waals surface area contributed by atoms with E-state index in [1.165, 1.54) is 0 Å². The fourth-order valence-electron chi connectivity index (χ4n) is 2.28. The Balaban J connectivity index is 0.00000841. The van der Waals surface area contributed by atoms with Gasteiger partial charge in [-0.3, -0.25) is 9.79 Å². The van der Waals surface area contributed by atoms with Crippen LogP contribution >= 0.6 is 24.0 Å². The zero-order chi connectivity index (χ0) is 21.9. The first-order chi connectivity index (χ1) is 13.6. The molecule has 0 bridgehead atoms. The Bertz CT molecular complexity index is 704. The van der Waals surface area contributed by atoms with E-state index in [0.29, 0.717) is 25.6 Å². The molecule has 0 aliphatic rings. The van der Waals surface area contributed by atoms with Crippen molar-refractivity contribution >= 4 is 47.6 Å². The van der Waals surface area contributed by atoms with E-state index < -0.39 is 11.7 Å². The van der Waals surface area contributed by atoms with Crippen molar-refractivity contribution in [2.75, 3.05) is 25.5 Å². The second-order valence-corrected chi connectivity index (χ2v) is 7.78. The Morgan fingerprint density at radius 1 is 1.13 bits per heavy atom. The Labute approximate surface area is 197 Å². The maximum Gasteiger partial charge on any atom is 0.407 e. The van der Waals surface area contributed by atoms with Gasteiger partial charge in [0.05, 0.1) is 0 Å². The zero-order valence-corrected chi connectivity index (χ0v) is 21.1. The number of anilines is 1. The summed E-state index contributed by atoms with van der Waals surface area (Å²) in [5.74, 6) is 0.617. The first-order valence-electron chi connectivity index (χ1n) is 9.95. The smallest absolute Gasteiger partial charge is 0.407 e. The monoisotopic (exact) mass is 533 g/mol. The maximum atomic E-state index is 12.0. The summed E-state index contributed by atoms with van der Waals surface area (Å²) in [6.07, 6.45) is 0.358. The van der Waals surface area contributed by atoms with Crippen LogP contribution in [0.3, 0.4) is 0 Å². The number of hydrogen-bond acceptors (Lipinski definition) is 4. The molecular formula is C21H36IN5O3. The number of aliphatic imine (C=N–C) groups is 1. The van der Waals surface area contributed by atoms with Gasteiger partial charge in [0.2, 0.25) is 5.91 Å². The number of amides is 2. The highest BCUT2D eigenvalue weighted by molar-refractivity contribution is 14.0. The highest BCUT2D eigenvalue weighted by Crippen LogP contribution is 2.13. The summed E-state index contributed by atoms with van der Waals surface area (Å²) >= 11 is 0. The highest BCUT2D eigenvalue weighted by Gasteiger charge is 2.15. The van der Waals surface area contributed by atoms with Gasteiger partial charge >= 0.3 is 6.09 Å². The van der Waals surface area contributed by atoms with Gasteiger partial charge in [0.25, 0.3) is 0 Å². The van der Waals surface area contributed by atoms with Crippen LogP contribution in [0.15, 0.2) is 29.3 Å². The largest absolute Gasteiger partial charge is 0.444 e. The maximum absolute atomic E-state index is 12.0. The Morgan fingerprint density at radius 3 is 2.40 bits per heavy atom. The molecule has 0 aromatic heterocycles. The minimum Gasteiger partial charge on any atom is -0.444 e. The van der Waals surface area contributed by atoms with Crippen LogP contribution in [0, 0.1) is 5.92 Å². The Morgan fingerprint density at radius 2 is 1.80 bits per heavy atom. The predicted molar refractivity (Wildman–Crippen MR) is 132 cm³/mol. The number of ether oxygens (including phenoxy) is 1. The van der Waals surface area contributed by atoms with Gasteiger partial charge in [-0.05, 0) is 44.9 Å². The number of benzene rings is 1. The molecule has 170 valence electrons. The van der Waals surface area contributed by atoms with Gasteiger partial charge in [0, 0.05) is 38.3 Å². The summed E-state index contributed by atoms with van der Waals surface area (Å²) in [5, 5.41) is 12.0. The number of guanidine groups is 1. The average Bonchev–Trinajstić information content (AvgIpc) is 2.65. The summed E-state index contributed by atoms with van der Waals surface area (Å²) < 4.78 is 5.18. The number of rotatable bonds is 8. The third kappa shape index (κ3) is 11.8. The third-order valence-corrected chi connectivity index (χ3v) is 4.02. The van der Waals surface area contributed by atoms with Crippen molar-refractivity contribution in [3.8, 4) is 0 Å². The molecular weight excluding hydrogens is 497 g/mol. The summed E-state index contributed by atoms with van der Waals surface area (Å²) in [4.78, 5) is 27.8. The van der Waals surface area contributed by atoms with Crippen LogP contribution in [-0.4, -0.2) is 43.7 Å². The van der Waals surface area contributed by atoms with E-state index in [9.17, 15) is 9.59 Å². The molecule has 0 saturated heterocycles. The molecule has 0 aliphatic carbocycles. The molecule has 1 aromatic rings. The number of nitrogens with zero attached hydrogens (tertiary/aromatic N) is 1. The molecule has 0 saturated carbocycles. The van der Waals surface area contributed by atoms with Gasteiger partial charge in [-0.2, -0.15) is 0 Å². The van der Waals surface area contributed by atoms with Crippen LogP contribution in [0.4, 0.5) is 10.5 Å². The van der Waals surface area contributed by atoms with Crippen LogP contribution in [0.1, 0.15) is 46.6 Å². The molecule has 0 spiro atoms. The van der Waals surface area contributed by atoms with E-state index in [-0.39, 0.29) is 35.8 Å². The van der Waals surface area contributed by atoms with E-state index in [1.54, 1.807) is 7.05 Å². The molecule has 0 aliphatic heterocycles. The molecule has 1 atom stereocenters. The van der Waals surface area contributed by atoms with Crippen molar-refractivity contribution in [1.82, 2.24) is 16.0 Å². The number of alkyl carbamates (subject to hydrolysis) is 1. The summed E-state index contributed by atoms with van der Waals surface area (Å²) in [7, 11) is 1.68. The zero-order valence-electron chi connectivity index (χ0n) is 18.8. The second-order valence-electron chi connectivity index (χ2n) is 7.78. The molecule has 9 heteroatoms. The quantitative estimate of drug-likeness (QED) is 0.177. The van der Waals surface area contributed by atoms with Crippen LogP contribution in [0.2, 0.25) is 0 Å². The standard InChI is InChI=1S/C21H35N5O3.HI/c1-7-15(2)18(27)26-17-10-8-9-16(13-17)14-25-19(22-6)23-11-12-24-20(28)29-21(3,4)5;/h8-10,13,15H,7,11-12,14H2,1-6H3,(H,24,28)(H,26,27)(H2,22,23,25);1H. The van der Waals surface area contributed by atoms with Crippen LogP contribution in [0.25, 0.3) is 0 Å². The molecule has 0 fully saturated rings. The molecule has 1 rings (SSSR count). The number of carbonyl (C=O) groups excluding carboxylic acids is 2. The van der Waals surface area contributed by atoms with Gasteiger partial charge in [-0.25, -0.2) is 4.79 Å². The van der Waals surface area contributed by atoms with Gasteiger partial charge in [-0.1, -0.05) is 26.0 Å². The number of nitrogens with one attached hydrogen (secondary N) is 4. The number of carbonyl (C=O) groups is 2. The first-order valence-corrected chi connectivity index (χ1v) is 9.95. The minimum atomic E-state index is -0.516. The number of halogens is 1. The predicted octanol–water partition coefficient (Wildman–Crippen LogP) is 3.48. The summed E-state index contributed by atoms with van der Waals surface area (Å²) in [6.45, 7) is 10.8. The van der Waals surface area contributed by atoms with Gasteiger partial charge in [-0.15, -0.1) is 24.0 Å². The molecule has 4 N–H and O–H groups in total. The molecule has 2 amide bonds. The Hall–Kier alpha value is -2.04. The fraction of sp³-hybridized carbons (Fsp3) is 0.571. The van der Waals surface area contributed by atoms with Crippen molar-refractivity contribution in [2.45, 2.75) is 53.2 Å². The summed E-state index contributed by atoms with van der Waals surface area (Å²) in [6, 6.07) is 7.69. The first kappa shape index (κ1) is 28.0. The number of hydrogen-bond donors (Lipinski definition) is 4. The topological polar surface area (TPSA) is 104 Å². The molecule has 30 heavy (non-hydrogen) atoms. The lowest BCUT2D eigenvalue weighted by Crippen LogP contribution is -2.42. The van der Waals surface area contributed by atoms with E-state index in [1.807, 2.05) is 58.9 Å². The lowest BCUT2D eigenvalue weighted by Gasteiger charge is -2.20. The van der Waals surface area contributed by atoms with E-state index in [0.717, 1.165) is 17.7 Å². The normalized spacial score (nSPS) is 12.3.